The van der Waals surface area contributed by atoms with Gasteiger partial charge in [0.1, 0.15) is 0 Å². The maximum absolute atomic E-state index is 9.33. The molecule has 2 bridgehead atoms. The molecule has 10 heavy (non-hydrogen) atoms. The number of fused-ring (bicyclic) bond motifs is 2. The summed E-state index contributed by atoms with van der Waals surface area (Å²) < 4.78 is 0. The lowest BCUT2D eigenvalue weighted by Gasteiger charge is -2.24. The summed E-state index contributed by atoms with van der Waals surface area (Å²) in [4.78, 5) is 0. The largest absolute Gasteiger partial charge is 0.393 e. The molecule has 58 valence electrons. The minimum absolute atomic E-state index is 0.0858. The predicted molar refractivity (Wildman–Crippen MR) is 38.0 cm³/mol. The van der Waals surface area contributed by atoms with Crippen LogP contribution in [0.1, 0.15) is 19.3 Å². The van der Waals surface area contributed by atoms with E-state index in [0.717, 1.165) is 19.4 Å². The van der Waals surface area contributed by atoms with Gasteiger partial charge in [-0.05, 0) is 25.2 Å². The number of hydrogen-bond acceptors (Lipinski definition) is 3. The first kappa shape index (κ1) is 6.58. The van der Waals surface area contributed by atoms with Gasteiger partial charge in [0.05, 0.1) is 6.10 Å². The molecule has 2 fully saturated rings. The highest BCUT2D eigenvalue weighted by Gasteiger charge is 2.37. The van der Waals surface area contributed by atoms with Crippen molar-refractivity contribution in [1.29, 1.82) is 0 Å². The van der Waals surface area contributed by atoms with E-state index in [1.165, 1.54) is 6.42 Å². The Kier molecular flexibility index (Phi) is 1.44. The summed E-state index contributed by atoms with van der Waals surface area (Å²) in [6.45, 7) is 0.988. The van der Waals surface area contributed by atoms with Gasteiger partial charge in [0.15, 0.2) is 0 Å². The number of hydrogen-bond donors (Lipinski definition) is 2. The Morgan fingerprint density at radius 2 is 2.10 bits per heavy atom. The van der Waals surface area contributed by atoms with Gasteiger partial charge < -0.3 is 5.11 Å². The first-order chi connectivity index (χ1) is 4.75. The third kappa shape index (κ3) is 0.944. The molecular formula is C7H14N2O. The average Bonchev–Trinajstić information content (AvgIpc) is 2.07. The van der Waals surface area contributed by atoms with Crippen molar-refractivity contribution in [3.05, 3.63) is 0 Å². The predicted octanol–water partition coefficient (Wildman–Crippen LogP) is -0.295. The van der Waals surface area contributed by atoms with Crippen LogP contribution in [0, 0.1) is 5.92 Å². The topological polar surface area (TPSA) is 49.5 Å². The number of nitrogens with zero attached hydrogens (tertiary/aromatic N) is 1. The molecule has 1 saturated carbocycles. The zero-order valence-electron chi connectivity index (χ0n) is 6.03. The van der Waals surface area contributed by atoms with E-state index in [-0.39, 0.29) is 6.10 Å². The molecule has 0 aromatic rings. The van der Waals surface area contributed by atoms with Gasteiger partial charge in [0, 0.05) is 12.6 Å². The number of aliphatic hydroxyl groups excluding tert-OH is 1. The fourth-order valence-corrected chi connectivity index (χ4v) is 2.24. The first-order valence-electron chi connectivity index (χ1n) is 3.95. The minimum Gasteiger partial charge on any atom is -0.393 e. The molecule has 0 aromatic carbocycles. The highest BCUT2D eigenvalue weighted by atomic mass is 16.3. The van der Waals surface area contributed by atoms with E-state index in [2.05, 4.69) is 0 Å². The number of rotatable bonds is 0. The van der Waals surface area contributed by atoms with Gasteiger partial charge in [-0.1, -0.05) is 0 Å². The molecular weight excluding hydrogens is 128 g/mol. The molecule has 2 rings (SSSR count). The van der Waals surface area contributed by atoms with Crippen molar-refractivity contribution in [2.45, 2.75) is 31.4 Å². The van der Waals surface area contributed by atoms with Crippen LogP contribution in [0.5, 0.6) is 0 Å². The Bertz CT molecular complexity index is 135. The Morgan fingerprint density at radius 3 is 2.80 bits per heavy atom. The standard InChI is InChI=1S/C7H14N2O/c8-9-4-5-1-6(9)3-7(10)2-5/h5-7,10H,1-4,8H2. The van der Waals surface area contributed by atoms with Crippen LogP contribution in [0.4, 0.5) is 0 Å². The zero-order valence-corrected chi connectivity index (χ0v) is 6.03. The van der Waals surface area contributed by atoms with Crippen LogP contribution < -0.4 is 5.84 Å². The van der Waals surface area contributed by atoms with Crippen LogP contribution in [-0.2, 0) is 0 Å². The Hall–Kier alpha value is -0.120. The second-order valence-corrected chi connectivity index (χ2v) is 3.58. The fourth-order valence-electron chi connectivity index (χ4n) is 2.24. The van der Waals surface area contributed by atoms with Crippen molar-refractivity contribution in [2.75, 3.05) is 6.54 Å². The van der Waals surface area contributed by atoms with Crippen LogP contribution in [0.2, 0.25) is 0 Å². The lowest BCUT2D eigenvalue weighted by Crippen LogP contribution is -2.37. The lowest BCUT2D eigenvalue weighted by molar-refractivity contribution is 0.0984. The average molecular weight is 142 g/mol. The zero-order chi connectivity index (χ0) is 7.14. The molecule has 2 aliphatic rings. The molecule has 0 spiro atoms. The van der Waals surface area contributed by atoms with E-state index >= 15 is 0 Å². The van der Waals surface area contributed by atoms with Gasteiger partial charge in [-0.15, -0.1) is 0 Å². The Labute approximate surface area is 60.8 Å². The van der Waals surface area contributed by atoms with E-state index in [1.54, 1.807) is 0 Å². The molecule has 1 heterocycles. The summed E-state index contributed by atoms with van der Waals surface area (Å²) in [7, 11) is 0. The Morgan fingerprint density at radius 1 is 1.30 bits per heavy atom. The Balaban J connectivity index is 2.06. The van der Waals surface area contributed by atoms with Gasteiger partial charge in [0.25, 0.3) is 0 Å². The van der Waals surface area contributed by atoms with Crippen molar-refractivity contribution in [3.63, 3.8) is 0 Å². The van der Waals surface area contributed by atoms with Crippen LogP contribution in [0.15, 0.2) is 0 Å². The number of nitrogens with two attached hydrogens (primary N) is 1. The highest BCUT2D eigenvalue weighted by Crippen LogP contribution is 2.33. The molecule has 3 heteroatoms. The second-order valence-electron chi connectivity index (χ2n) is 3.58. The maximum atomic E-state index is 9.33. The third-order valence-corrected chi connectivity index (χ3v) is 2.69. The lowest BCUT2D eigenvalue weighted by atomic mass is 9.88. The van der Waals surface area contributed by atoms with Crippen LogP contribution >= 0.6 is 0 Å². The quantitative estimate of drug-likeness (QED) is 0.457. The molecule has 3 nitrogen and oxygen atoms in total. The second kappa shape index (κ2) is 2.19. The molecule has 1 saturated heterocycles. The van der Waals surface area contributed by atoms with E-state index in [0.29, 0.717) is 12.0 Å². The van der Waals surface area contributed by atoms with E-state index in [4.69, 9.17) is 5.84 Å². The van der Waals surface area contributed by atoms with Gasteiger partial charge in [-0.25, -0.2) is 5.01 Å². The van der Waals surface area contributed by atoms with Crippen molar-refractivity contribution in [1.82, 2.24) is 5.01 Å². The summed E-state index contributed by atoms with van der Waals surface area (Å²) >= 11 is 0. The summed E-state index contributed by atoms with van der Waals surface area (Å²) in [5, 5.41) is 11.2. The molecule has 1 aliphatic carbocycles. The summed E-state index contributed by atoms with van der Waals surface area (Å²) in [5.41, 5.74) is 0. The summed E-state index contributed by atoms with van der Waals surface area (Å²) in [5.74, 6) is 6.37. The van der Waals surface area contributed by atoms with Gasteiger partial charge in [0.2, 0.25) is 0 Å². The maximum Gasteiger partial charge on any atom is 0.0558 e. The van der Waals surface area contributed by atoms with Crippen molar-refractivity contribution in [2.24, 2.45) is 11.8 Å². The van der Waals surface area contributed by atoms with Gasteiger partial charge >= 0.3 is 0 Å². The SMILES string of the molecule is NN1CC2CC(O)CC1C2. The molecule has 3 N–H and O–H groups in total. The van der Waals surface area contributed by atoms with Crippen molar-refractivity contribution < 1.29 is 5.11 Å². The fraction of sp³-hybridized carbons (Fsp3) is 1.00. The van der Waals surface area contributed by atoms with Crippen LogP contribution in [-0.4, -0.2) is 28.8 Å². The highest BCUT2D eigenvalue weighted by molar-refractivity contribution is 4.90. The summed E-state index contributed by atoms with van der Waals surface area (Å²) in [6, 6.07) is 0.466. The smallest absolute Gasteiger partial charge is 0.0558 e. The normalized spacial score (nSPS) is 48.0. The molecule has 0 amide bonds. The molecule has 3 atom stereocenters. The van der Waals surface area contributed by atoms with E-state index in [9.17, 15) is 5.11 Å². The van der Waals surface area contributed by atoms with Crippen LogP contribution in [0.3, 0.4) is 0 Å². The van der Waals surface area contributed by atoms with Crippen molar-refractivity contribution in [3.8, 4) is 0 Å². The number of aliphatic hydroxyl groups is 1. The van der Waals surface area contributed by atoms with E-state index < -0.39 is 0 Å². The molecule has 0 aromatic heterocycles. The first-order valence-corrected chi connectivity index (χ1v) is 3.95. The van der Waals surface area contributed by atoms with Crippen LogP contribution in [0.25, 0.3) is 0 Å². The third-order valence-electron chi connectivity index (χ3n) is 2.69. The summed E-state index contributed by atoms with van der Waals surface area (Å²) in [6.07, 6.45) is 2.96. The van der Waals surface area contributed by atoms with Gasteiger partial charge in [-0.3, -0.25) is 5.84 Å². The monoisotopic (exact) mass is 142 g/mol. The molecule has 1 aliphatic heterocycles. The van der Waals surface area contributed by atoms with E-state index in [1.807, 2.05) is 5.01 Å². The molecule has 0 radical (unpaired) electrons. The van der Waals surface area contributed by atoms with Crippen molar-refractivity contribution >= 4 is 0 Å². The number of hydrazine groups is 1. The minimum atomic E-state index is -0.0858. The molecule has 3 unspecified atom stereocenters. The van der Waals surface area contributed by atoms with Gasteiger partial charge in [-0.2, -0.15) is 0 Å².